The summed E-state index contributed by atoms with van der Waals surface area (Å²) in [5, 5.41) is 10.2. The van der Waals surface area contributed by atoms with E-state index in [1.54, 1.807) is 11.3 Å². The van der Waals surface area contributed by atoms with Crippen LogP contribution in [-0.4, -0.2) is 46.8 Å². The molecule has 6 heteroatoms. The molecule has 5 nitrogen and oxygen atoms in total. The van der Waals surface area contributed by atoms with Crippen molar-refractivity contribution >= 4 is 17.2 Å². The number of thiophene rings is 1. The van der Waals surface area contributed by atoms with Gasteiger partial charge < -0.3 is 10.2 Å². The van der Waals surface area contributed by atoms with Gasteiger partial charge in [-0.1, -0.05) is 24.3 Å². The average molecular weight is 364 g/mol. The molecule has 0 bridgehead atoms. The van der Waals surface area contributed by atoms with Crippen LogP contribution in [0.15, 0.2) is 53.9 Å². The molecule has 4 heterocycles. The van der Waals surface area contributed by atoms with Gasteiger partial charge in [0.1, 0.15) is 0 Å². The standard InChI is InChI=1S/C20H20N4OS/c25-20(23-12-14-10-21-11-15(14)13-23)17-9-18(19-7-4-8-26-19)24(22-17)16-5-2-1-3-6-16/h1-9,14-15,21H,10-13H2/t14-,15+. The van der Waals surface area contributed by atoms with Crippen molar-refractivity contribution in [3.05, 3.63) is 59.6 Å². The second kappa shape index (κ2) is 6.37. The van der Waals surface area contributed by atoms with Crippen molar-refractivity contribution in [1.29, 1.82) is 0 Å². The van der Waals surface area contributed by atoms with E-state index in [2.05, 4.69) is 11.4 Å². The number of nitrogens with one attached hydrogen (secondary N) is 1. The molecule has 2 aliphatic rings. The molecule has 26 heavy (non-hydrogen) atoms. The van der Waals surface area contributed by atoms with Gasteiger partial charge in [0.2, 0.25) is 0 Å². The van der Waals surface area contributed by atoms with Crippen LogP contribution >= 0.6 is 11.3 Å². The van der Waals surface area contributed by atoms with Gasteiger partial charge in [-0.25, -0.2) is 4.68 Å². The fraction of sp³-hybridized carbons (Fsp3) is 0.300. The summed E-state index contributed by atoms with van der Waals surface area (Å²) in [6.45, 7) is 3.72. The molecule has 1 aromatic carbocycles. The van der Waals surface area contributed by atoms with Crippen molar-refractivity contribution in [3.63, 3.8) is 0 Å². The van der Waals surface area contributed by atoms with Crippen molar-refractivity contribution in [3.8, 4) is 16.3 Å². The maximum absolute atomic E-state index is 13.1. The Bertz CT molecular complexity index is 907. The third kappa shape index (κ3) is 2.66. The topological polar surface area (TPSA) is 50.2 Å². The summed E-state index contributed by atoms with van der Waals surface area (Å²) >= 11 is 1.66. The lowest BCUT2D eigenvalue weighted by atomic mass is 10.0. The zero-order valence-electron chi connectivity index (χ0n) is 14.3. The number of rotatable bonds is 3. The van der Waals surface area contributed by atoms with Crippen molar-refractivity contribution in [2.45, 2.75) is 0 Å². The van der Waals surface area contributed by atoms with Gasteiger partial charge in [0.25, 0.3) is 5.91 Å². The maximum Gasteiger partial charge on any atom is 0.274 e. The minimum Gasteiger partial charge on any atom is -0.337 e. The van der Waals surface area contributed by atoms with Crippen LogP contribution in [0.2, 0.25) is 0 Å². The minimum atomic E-state index is 0.0480. The molecule has 2 aromatic heterocycles. The monoisotopic (exact) mass is 364 g/mol. The lowest BCUT2D eigenvalue weighted by molar-refractivity contribution is 0.0775. The third-order valence-electron chi connectivity index (χ3n) is 5.38. The average Bonchev–Trinajstić information content (AvgIpc) is 3.44. The van der Waals surface area contributed by atoms with Crippen LogP contribution in [0.1, 0.15) is 10.5 Å². The van der Waals surface area contributed by atoms with E-state index in [4.69, 9.17) is 5.10 Å². The first-order chi connectivity index (χ1) is 12.8. The molecule has 2 aliphatic heterocycles. The zero-order chi connectivity index (χ0) is 17.5. The highest BCUT2D eigenvalue weighted by Gasteiger charge is 2.39. The Morgan fingerprint density at radius 3 is 2.54 bits per heavy atom. The van der Waals surface area contributed by atoms with E-state index in [0.717, 1.165) is 42.4 Å². The zero-order valence-corrected chi connectivity index (χ0v) is 15.2. The Morgan fingerprint density at radius 2 is 1.85 bits per heavy atom. The first-order valence-electron chi connectivity index (χ1n) is 8.99. The van der Waals surface area contributed by atoms with E-state index >= 15 is 0 Å². The molecular weight excluding hydrogens is 344 g/mol. The van der Waals surface area contributed by atoms with E-state index < -0.39 is 0 Å². The smallest absolute Gasteiger partial charge is 0.274 e. The van der Waals surface area contributed by atoms with Crippen LogP contribution in [0.25, 0.3) is 16.3 Å². The summed E-state index contributed by atoms with van der Waals surface area (Å²) < 4.78 is 1.89. The fourth-order valence-electron chi connectivity index (χ4n) is 4.03. The number of likely N-dealkylation sites (tertiary alicyclic amines) is 1. The SMILES string of the molecule is O=C(c1cc(-c2cccs2)n(-c2ccccc2)n1)N1C[C@H]2CNC[C@H]2C1. The van der Waals surface area contributed by atoms with Crippen LogP contribution in [0.4, 0.5) is 0 Å². The van der Waals surface area contributed by atoms with Gasteiger partial charge in [-0.05, 0) is 41.5 Å². The molecule has 2 atom stereocenters. The van der Waals surface area contributed by atoms with Crippen molar-refractivity contribution in [1.82, 2.24) is 20.0 Å². The molecule has 0 saturated carbocycles. The van der Waals surface area contributed by atoms with Crippen molar-refractivity contribution in [2.24, 2.45) is 11.8 Å². The van der Waals surface area contributed by atoms with Crippen molar-refractivity contribution < 1.29 is 4.79 Å². The largest absolute Gasteiger partial charge is 0.337 e. The van der Waals surface area contributed by atoms with E-state index in [1.165, 1.54) is 0 Å². The van der Waals surface area contributed by atoms with E-state index in [1.807, 2.05) is 57.4 Å². The molecule has 3 aromatic rings. The summed E-state index contributed by atoms with van der Waals surface area (Å²) in [4.78, 5) is 16.2. The van der Waals surface area contributed by atoms with Crippen LogP contribution in [0.3, 0.4) is 0 Å². The fourth-order valence-corrected chi connectivity index (χ4v) is 4.76. The number of para-hydroxylation sites is 1. The van der Waals surface area contributed by atoms with E-state index in [-0.39, 0.29) is 5.91 Å². The number of hydrogen-bond acceptors (Lipinski definition) is 4. The molecule has 1 N–H and O–H groups in total. The molecule has 1 amide bonds. The number of carbonyl (C=O) groups is 1. The van der Waals surface area contributed by atoms with Crippen LogP contribution in [-0.2, 0) is 0 Å². The third-order valence-corrected chi connectivity index (χ3v) is 6.27. The Kier molecular flexibility index (Phi) is 3.87. The molecule has 0 radical (unpaired) electrons. The predicted octanol–water partition coefficient (Wildman–Crippen LogP) is 2.89. The first-order valence-corrected chi connectivity index (χ1v) is 9.87. The van der Waals surface area contributed by atoms with Crippen LogP contribution in [0, 0.1) is 11.8 Å². The van der Waals surface area contributed by atoms with Gasteiger partial charge in [0.15, 0.2) is 5.69 Å². The summed E-state index contributed by atoms with van der Waals surface area (Å²) in [6.07, 6.45) is 0. The Hall–Kier alpha value is -2.44. The van der Waals surface area contributed by atoms with Gasteiger partial charge >= 0.3 is 0 Å². The maximum atomic E-state index is 13.1. The molecule has 0 unspecified atom stereocenters. The van der Waals surface area contributed by atoms with E-state index in [9.17, 15) is 4.79 Å². The van der Waals surface area contributed by atoms with Gasteiger partial charge in [0, 0.05) is 26.2 Å². The highest BCUT2D eigenvalue weighted by Crippen LogP contribution is 2.30. The Balaban J connectivity index is 1.51. The Morgan fingerprint density at radius 1 is 1.08 bits per heavy atom. The number of fused-ring (bicyclic) bond motifs is 1. The highest BCUT2D eigenvalue weighted by atomic mass is 32.1. The summed E-state index contributed by atoms with van der Waals surface area (Å²) in [6, 6.07) is 16.0. The normalized spacial score (nSPS) is 21.9. The number of benzene rings is 1. The van der Waals surface area contributed by atoms with Gasteiger partial charge in [0.05, 0.1) is 16.3 Å². The second-order valence-corrected chi connectivity index (χ2v) is 7.98. The number of aromatic nitrogens is 2. The lowest BCUT2D eigenvalue weighted by Crippen LogP contribution is -2.32. The van der Waals surface area contributed by atoms with Gasteiger partial charge in [-0.15, -0.1) is 11.3 Å². The molecule has 0 spiro atoms. The quantitative estimate of drug-likeness (QED) is 0.777. The number of nitrogens with zero attached hydrogens (tertiary/aromatic N) is 3. The number of carbonyl (C=O) groups excluding carboxylic acids is 1. The highest BCUT2D eigenvalue weighted by molar-refractivity contribution is 7.13. The second-order valence-electron chi connectivity index (χ2n) is 7.03. The molecule has 0 aliphatic carbocycles. The van der Waals surface area contributed by atoms with Crippen molar-refractivity contribution in [2.75, 3.05) is 26.2 Å². The molecule has 2 saturated heterocycles. The van der Waals surface area contributed by atoms with Crippen LogP contribution in [0.5, 0.6) is 0 Å². The molecule has 132 valence electrons. The molecule has 5 rings (SSSR count). The Labute approximate surface area is 156 Å². The summed E-state index contributed by atoms with van der Waals surface area (Å²) in [5.74, 6) is 1.23. The predicted molar refractivity (Wildman–Crippen MR) is 103 cm³/mol. The van der Waals surface area contributed by atoms with Gasteiger partial charge in [-0.2, -0.15) is 5.10 Å². The summed E-state index contributed by atoms with van der Waals surface area (Å²) in [5.41, 5.74) is 2.47. The number of amides is 1. The molecule has 2 fully saturated rings. The number of hydrogen-bond donors (Lipinski definition) is 1. The minimum absolute atomic E-state index is 0.0480. The first kappa shape index (κ1) is 15.8. The molecular formula is C20H20N4OS. The lowest BCUT2D eigenvalue weighted by Gasteiger charge is -2.15. The van der Waals surface area contributed by atoms with Gasteiger partial charge in [-0.3, -0.25) is 4.79 Å². The van der Waals surface area contributed by atoms with E-state index in [0.29, 0.717) is 17.5 Å². The summed E-state index contributed by atoms with van der Waals surface area (Å²) in [7, 11) is 0. The van der Waals surface area contributed by atoms with Crippen LogP contribution < -0.4 is 5.32 Å².